The van der Waals surface area contributed by atoms with Gasteiger partial charge in [-0.15, -0.1) is 0 Å². The molecule has 1 fully saturated rings. The minimum absolute atomic E-state index is 0.0370. The number of carbonyl (C=O) groups is 1. The summed E-state index contributed by atoms with van der Waals surface area (Å²) in [4.78, 5) is 9.57. The monoisotopic (exact) mass is 188 g/mol. The SMILES string of the molecule is CCOC(C)OCC.O=CC1CC1. The Morgan fingerprint density at radius 3 is 1.92 bits per heavy atom. The van der Waals surface area contributed by atoms with Crippen LogP contribution in [0.5, 0.6) is 0 Å². The van der Waals surface area contributed by atoms with Crippen LogP contribution in [0.2, 0.25) is 0 Å². The zero-order chi connectivity index (χ0) is 10.1. The van der Waals surface area contributed by atoms with Crippen LogP contribution in [-0.2, 0) is 14.3 Å². The van der Waals surface area contributed by atoms with Crippen LogP contribution in [0.1, 0.15) is 33.6 Å². The topological polar surface area (TPSA) is 35.5 Å². The number of aldehydes is 1. The fourth-order valence-corrected chi connectivity index (χ4v) is 0.750. The molecule has 0 heterocycles. The van der Waals surface area contributed by atoms with Gasteiger partial charge < -0.3 is 14.3 Å². The zero-order valence-corrected chi connectivity index (χ0v) is 8.79. The first kappa shape index (κ1) is 12.6. The number of carbonyl (C=O) groups excluding carboxylic acids is 1. The summed E-state index contributed by atoms with van der Waals surface area (Å²) >= 11 is 0. The van der Waals surface area contributed by atoms with Gasteiger partial charge in [-0.05, 0) is 33.6 Å². The summed E-state index contributed by atoms with van der Waals surface area (Å²) in [5, 5.41) is 0. The molecule has 0 spiro atoms. The minimum atomic E-state index is -0.0370. The summed E-state index contributed by atoms with van der Waals surface area (Å²) in [6, 6.07) is 0. The Labute approximate surface area is 80.4 Å². The van der Waals surface area contributed by atoms with E-state index in [1.165, 1.54) is 0 Å². The standard InChI is InChI=1S/C6H14O2.C4H6O/c1-4-7-6(3)8-5-2;5-3-4-1-2-4/h6H,4-5H2,1-3H3;3-4H,1-2H2. The second kappa shape index (κ2) is 8.20. The van der Waals surface area contributed by atoms with E-state index < -0.39 is 0 Å². The first-order chi connectivity index (χ1) is 6.24. The van der Waals surface area contributed by atoms with Crippen molar-refractivity contribution in [2.24, 2.45) is 5.92 Å². The molecule has 0 amide bonds. The van der Waals surface area contributed by atoms with Crippen molar-refractivity contribution in [3.63, 3.8) is 0 Å². The normalized spacial score (nSPS) is 15.1. The molecule has 0 unspecified atom stereocenters. The molecule has 3 nitrogen and oxygen atoms in total. The minimum Gasteiger partial charge on any atom is -0.353 e. The van der Waals surface area contributed by atoms with Crippen molar-refractivity contribution < 1.29 is 14.3 Å². The highest BCUT2D eigenvalue weighted by Crippen LogP contribution is 2.25. The fourth-order valence-electron chi connectivity index (χ4n) is 0.750. The first-order valence-corrected chi connectivity index (χ1v) is 4.93. The lowest BCUT2D eigenvalue weighted by molar-refractivity contribution is -0.123. The largest absolute Gasteiger partial charge is 0.353 e. The molecule has 0 atom stereocenters. The van der Waals surface area contributed by atoms with Gasteiger partial charge in [0.05, 0.1) is 0 Å². The summed E-state index contributed by atoms with van der Waals surface area (Å²) in [7, 11) is 0. The van der Waals surface area contributed by atoms with Crippen LogP contribution in [-0.4, -0.2) is 25.8 Å². The predicted molar refractivity (Wildman–Crippen MR) is 51.5 cm³/mol. The summed E-state index contributed by atoms with van der Waals surface area (Å²) in [6.45, 7) is 7.25. The average molecular weight is 188 g/mol. The maximum Gasteiger partial charge on any atom is 0.154 e. The smallest absolute Gasteiger partial charge is 0.154 e. The molecule has 0 aromatic heterocycles. The Balaban J connectivity index is 0.000000243. The molecule has 1 aliphatic rings. The Bertz CT molecular complexity index is 115. The van der Waals surface area contributed by atoms with Gasteiger partial charge in [0, 0.05) is 19.1 Å². The third-order valence-electron chi connectivity index (χ3n) is 1.62. The fraction of sp³-hybridized carbons (Fsp3) is 0.900. The second-order valence-corrected chi connectivity index (χ2v) is 2.95. The van der Waals surface area contributed by atoms with Crippen LogP contribution < -0.4 is 0 Å². The lowest BCUT2D eigenvalue weighted by Gasteiger charge is -2.09. The lowest BCUT2D eigenvalue weighted by Crippen LogP contribution is -2.11. The van der Waals surface area contributed by atoms with Crippen molar-refractivity contribution in [2.75, 3.05) is 13.2 Å². The lowest BCUT2D eigenvalue weighted by atomic mass is 10.5. The van der Waals surface area contributed by atoms with Crippen LogP contribution in [0.4, 0.5) is 0 Å². The maximum atomic E-state index is 9.57. The van der Waals surface area contributed by atoms with Gasteiger partial charge in [0.2, 0.25) is 0 Å². The molecule has 0 aromatic carbocycles. The van der Waals surface area contributed by atoms with Gasteiger partial charge in [-0.1, -0.05) is 0 Å². The van der Waals surface area contributed by atoms with Crippen LogP contribution in [0, 0.1) is 5.92 Å². The molecule has 0 aromatic rings. The Hall–Kier alpha value is -0.410. The number of hydrogen-bond donors (Lipinski definition) is 0. The van der Waals surface area contributed by atoms with E-state index in [1.807, 2.05) is 20.8 Å². The summed E-state index contributed by atoms with van der Waals surface area (Å²) in [6.07, 6.45) is 3.28. The van der Waals surface area contributed by atoms with Crippen molar-refractivity contribution >= 4 is 6.29 Å². The number of hydrogen-bond acceptors (Lipinski definition) is 3. The maximum absolute atomic E-state index is 9.57. The second-order valence-electron chi connectivity index (χ2n) is 2.95. The molecule has 0 radical (unpaired) electrons. The van der Waals surface area contributed by atoms with E-state index in [1.54, 1.807) is 0 Å². The van der Waals surface area contributed by atoms with Crippen molar-refractivity contribution in [2.45, 2.75) is 39.9 Å². The molecule has 1 aliphatic carbocycles. The van der Waals surface area contributed by atoms with E-state index >= 15 is 0 Å². The zero-order valence-electron chi connectivity index (χ0n) is 8.79. The predicted octanol–water partition coefficient (Wildman–Crippen LogP) is 2.00. The molecule has 78 valence electrons. The molecule has 1 rings (SSSR count). The highest BCUT2D eigenvalue weighted by molar-refractivity contribution is 5.56. The average Bonchev–Trinajstić information content (AvgIpc) is 2.88. The molecule has 0 aliphatic heterocycles. The molecule has 13 heavy (non-hydrogen) atoms. The van der Waals surface area contributed by atoms with Gasteiger partial charge in [-0.3, -0.25) is 0 Å². The van der Waals surface area contributed by atoms with Crippen LogP contribution in [0.15, 0.2) is 0 Å². The van der Waals surface area contributed by atoms with Gasteiger partial charge >= 0.3 is 0 Å². The van der Waals surface area contributed by atoms with Gasteiger partial charge in [0.25, 0.3) is 0 Å². The van der Waals surface area contributed by atoms with Gasteiger partial charge in [-0.2, -0.15) is 0 Å². The molecule has 3 heteroatoms. The van der Waals surface area contributed by atoms with Crippen molar-refractivity contribution in [1.82, 2.24) is 0 Å². The quantitative estimate of drug-likeness (QED) is 0.489. The summed E-state index contributed by atoms with van der Waals surface area (Å²) < 4.78 is 10.1. The molecular formula is C10H20O3. The highest BCUT2D eigenvalue weighted by atomic mass is 16.7. The van der Waals surface area contributed by atoms with Crippen LogP contribution in [0.25, 0.3) is 0 Å². The van der Waals surface area contributed by atoms with E-state index in [9.17, 15) is 4.79 Å². The van der Waals surface area contributed by atoms with Crippen LogP contribution in [0.3, 0.4) is 0 Å². The Morgan fingerprint density at radius 1 is 1.31 bits per heavy atom. The van der Waals surface area contributed by atoms with Crippen molar-refractivity contribution in [3.05, 3.63) is 0 Å². The van der Waals surface area contributed by atoms with Crippen LogP contribution >= 0.6 is 0 Å². The third kappa shape index (κ3) is 9.50. The first-order valence-electron chi connectivity index (χ1n) is 4.93. The van der Waals surface area contributed by atoms with Gasteiger partial charge in [-0.25, -0.2) is 0 Å². The van der Waals surface area contributed by atoms with E-state index in [-0.39, 0.29) is 6.29 Å². The number of rotatable bonds is 5. The van der Waals surface area contributed by atoms with E-state index in [0.29, 0.717) is 5.92 Å². The number of ether oxygens (including phenoxy) is 2. The molecule has 0 N–H and O–H groups in total. The molecule has 1 saturated carbocycles. The highest BCUT2D eigenvalue weighted by Gasteiger charge is 2.18. The Morgan fingerprint density at radius 2 is 1.77 bits per heavy atom. The van der Waals surface area contributed by atoms with E-state index in [0.717, 1.165) is 32.3 Å². The van der Waals surface area contributed by atoms with E-state index in [4.69, 9.17) is 9.47 Å². The Kier molecular flexibility index (Phi) is 7.94. The molecular weight excluding hydrogens is 168 g/mol. The molecule has 0 saturated heterocycles. The summed E-state index contributed by atoms with van der Waals surface area (Å²) in [5.41, 5.74) is 0. The van der Waals surface area contributed by atoms with Gasteiger partial charge in [0.1, 0.15) is 6.29 Å². The van der Waals surface area contributed by atoms with Gasteiger partial charge in [0.15, 0.2) is 6.29 Å². The molecule has 0 bridgehead atoms. The van der Waals surface area contributed by atoms with E-state index in [2.05, 4.69) is 0 Å². The van der Waals surface area contributed by atoms with Crippen molar-refractivity contribution in [1.29, 1.82) is 0 Å². The third-order valence-corrected chi connectivity index (χ3v) is 1.62. The van der Waals surface area contributed by atoms with Crippen molar-refractivity contribution in [3.8, 4) is 0 Å². The summed E-state index contributed by atoms with van der Waals surface area (Å²) in [5.74, 6) is 0.454.